The number of nitrogens with zero attached hydrogens (tertiary/aromatic N) is 2. The van der Waals surface area contributed by atoms with Crippen molar-refractivity contribution in [2.24, 2.45) is 11.8 Å². The van der Waals surface area contributed by atoms with Gasteiger partial charge in [-0.15, -0.1) is 0 Å². The van der Waals surface area contributed by atoms with Crippen LogP contribution in [0, 0.1) is 23.2 Å². The molecule has 0 fully saturated rings. The topological polar surface area (TPSA) is 56.1 Å². The molecule has 0 aliphatic heterocycles. The summed E-state index contributed by atoms with van der Waals surface area (Å²) in [7, 11) is 3.56. The van der Waals surface area contributed by atoms with Gasteiger partial charge in [0, 0.05) is 26.1 Å². The second-order valence-electron chi connectivity index (χ2n) is 3.77. The van der Waals surface area contributed by atoms with E-state index in [-0.39, 0.29) is 17.7 Å². The van der Waals surface area contributed by atoms with Crippen LogP contribution < -0.4 is 5.32 Å². The molecule has 0 bridgehead atoms. The molecule has 0 rings (SSSR count). The quantitative estimate of drug-likeness (QED) is 0.696. The van der Waals surface area contributed by atoms with Crippen LogP contribution in [0.2, 0.25) is 0 Å². The molecule has 0 radical (unpaired) electrons. The lowest BCUT2D eigenvalue weighted by Crippen LogP contribution is -2.35. The molecule has 0 aromatic heterocycles. The van der Waals surface area contributed by atoms with Crippen molar-refractivity contribution in [3.63, 3.8) is 0 Å². The third-order valence-corrected chi connectivity index (χ3v) is 2.09. The molecule has 1 N–H and O–H groups in total. The Balaban J connectivity index is 3.89. The van der Waals surface area contributed by atoms with Crippen molar-refractivity contribution in [3.05, 3.63) is 0 Å². The van der Waals surface area contributed by atoms with E-state index in [1.807, 2.05) is 25.8 Å². The van der Waals surface area contributed by atoms with Gasteiger partial charge in [0.15, 0.2) is 0 Å². The summed E-state index contributed by atoms with van der Waals surface area (Å²) in [6, 6.07) is 2.17. The summed E-state index contributed by atoms with van der Waals surface area (Å²) < 4.78 is 0. The summed E-state index contributed by atoms with van der Waals surface area (Å²) in [5, 5.41) is 11.2. The predicted octanol–water partition coefficient (Wildman–Crippen LogP) is 0.460. The molecule has 0 aliphatic rings. The largest absolute Gasteiger partial charge is 0.359 e. The van der Waals surface area contributed by atoms with E-state index >= 15 is 0 Å². The molecule has 2 atom stereocenters. The van der Waals surface area contributed by atoms with Gasteiger partial charge in [0.2, 0.25) is 5.91 Å². The lowest BCUT2D eigenvalue weighted by molar-refractivity contribution is -0.124. The van der Waals surface area contributed by atoms with E-state index in [1.54, 1.807) is 7.05 Å². The van der Waals surface area contributed by atoms with Crippen molar-refractivity contribution >= 4 is 5.91 Å². The minimum atomic E-state index is -0.0316. The maximum atomic E-state index is 11.2. The number of carbonyl (C=O) groups excluding carboxylic acids is 1. The number of hydrogen-bond donors (Lipinski definition) is 1. The minimum absolute atomic E-state index is 0.0110. The molecule has 0 spiro atoms. The number of carbonyl (C=O) groups is 1. The van der Waals surface area contributed by atoms with Crippen LogP contribution in [0.1, 0.15) is 13.8 Å². The van der Waals surface area contributed by atoms with Crippen LogP contribution in [-0.4, -0.2) is 38.0 Å². The monoisotopic (exact) mass is 197 g/mol. The fourth-order valence-corrected chi connectivity index (χ4v) is 1.38. The molecule has 4 heteroatoms. The van der Waals surface area contributed by atoms with Crippen LogP contribution in [0.4, 0.5) is 0 Å². The first-order chi connectivity index (χ1) is 6.51. The summed E-state index contributed by atoms with van der Waals surface area (Å²) in [6.07, 6.45) is 0. The van der Waals surface area contributed by atoms with Crippen molar-refractivity contribution < 1.29 is 4.79 Å². The van der Waals surface area contributed by atoms with Crippen molar-refractivity contribution in [2.75, 3.05) is 27.2 Å². The van der Waals surface area contributed by atoms with Crippen molar-refractivity contribution in [3.8, 4) is 6.07 Å². The van der Waals surface area contributed by atoms with Gasteiger partial charge in [-0.1, -0.05) is 6.92 Å². The standard InChI is InChI=1S/C10H19N3O/c1-8(5-11)6-13(4)7-9(2)10(14)12-3/h8-9H,6-7H2,1-4H3,(H,12,14). The molecule has 0 saturated carbocycles. The molecule has 2 unspecified atom stereocenters. The first-order valence-electron chi connectivity index (χ1n) is 4.81. The van der Waals surface area contributed by atoms with Crippen LogP contribution >= 0.6 is 0 Å². The Labute approximate surface area is 85.9 Å². The second kappa shape index (κ2) is 6.39. The Morgan fingerprint density at radius 2 is 2.07 bits per heavy atom. The first kappa shape index (κ1) is 12.9. The summed E-state index contributed by atoms with van der Waals surface area (Å²) in [5.41, 5.74) is 0. The SMILES string of the molecule is CNC(=O)C(C)CN(C)CC(C)C#N. The summed E-state index contributed by atoms with van der Waals surface area (Å²) in [5.74, 6) is 0.0224. The molecule has 0 heterocycles. The van der Waals surface area contributed by atoms with E-state index in [0.717, 1.165) is 0 Å². The molecule has 80 valence electrons. The number of rotatable bonds is 5. The van der Waals surface area contributed by atoms with Crippen molar-refractivity contribution in [2.45, 2.75) is 13.8 Å². The predicted molar refractivity (Wildman–Crippen MR) is 55.5 cm³/mol. The van der Waals surface area contributed by atoms with Crippen LogP contribution in [0.3, 0.4) is 0 Å². The first-order valence-corrected chi connectivity index (χ1v) is 4.81. The minimum Gasteiger partial charge on any atom is -0.359 e. The lowest BCUT2D eigenvalue weighted by Gasteiger charge is -2.21. The Kier molecular flexibility index (Phi) is 5.89. The Hall–Kier alpha value is -1.08. The zero-order valence-electron chi connectivity index (χ0n) is 9.37. The zero-order valence-corrected chi connectivity index (χ0v) is 9.37. The highest BCUT2D eigenvalue weighted by atomic mass is 16.1. The molecule has 0 saturated heterocycles. The van der Waals surface area contributed by atoms with E-state index in [9.17, 15) is 4.79 Å². The fraction of sp³-hybridized carbons (Fsp3) is 0.800. The van der Waals surface area contributed by atoms with E-state index < -0.39 is 0 Å². The fourth-order valence-electron chi connectivity index (χ4n) is 1.38. The van der Waals surface area contributed by atoms with Gasteiger partial charge in [-0.2, -0.15) is 5.26 Å². The van der Waals surface area contributed by atoms with Gasteiger partial charge in [-0.25, -0.2) is 0 Å². The van der Waals surface area contributed by atoms with Gasteiger partial charge in [-0.05, 0) is 14.0 Å². The number of nitriles is 1. The molecule has 0 aromatic carbocycles. The highest BCUT2D eigenvalue weighted by molar-refractivity contribution is 5.78. The summed E-state index contributed by atoms with van der Waals surface area (Å²) in [6.45, 7) is 5.15. The second-order valence-corrected chi connectivity index (χ2v) is 3.77. The summed E-state index contributed by atoms with van der Waals surface area (Å²) in [4.78, 5) is 13.2. The molecule has 4 nitrogen and oxygen atoms in total. The van der Waals surface area contributed by atoms with Crippen LogP contribution in [0.25, 0.3) is 0 Å². The van der Waals surface area contributed by atoms with Crippen molar-refractivity contribution in [1.29, 1.82) is 5.26 Å². The van der Waals surface area contributed by atoms with Gasteiger partial charge >= 0.3 is 0 Å². The average Bonchev–Trinajstić information content (AvgIpc) is 2.15. The van der Waals surface area contributed by atoms with Gasteiger partial charge < -0.3 is 10.2 Å². The number of amides is 1. The maximum Gasteiger partial charge on any atom is 0.223 e. The van der Waals surface area contributed by atoms with Gasteiger partial charge in [0.05, 0.1) is 12.0 Å². The van der Waals surface area contributed by atoms with E-state index in [2.05, 4.69) is 11.4 Å². The third-order valence-electron chi connectivity index (χ3n) is 2.09. The molecular formula is C10H19N3O. The highest BCUT2D eigenvalue weighted by Crippen LogP contribution is 2.01. The van der Waals surface area contributed by atoms with Crippen molar-refractivity contribution in [1.82, 2.24) is 10.2 Å². The number of nitrogens with one attached hydrogen (secondary N) is 1. The highest BCUT2D eigenvalue weighted by Gasteiger charge is 2.14. The van der Waals surface area contributed by atoms with Gasteiger partial charge in [0.25, 0.3) is 0 Å². The normalized spacial score (nSPS) is 14.6. The Bertz CT molecular complexity index is 222. The summed E-state index contributed by atoms with van der Waals surface area (Å²) >= 11 is 0. The number of hydrogen-bond acceptors (Lipinski definition) is 3. The van der Waals surface area contributed by atoms with Crippen LogP contribution in [0.15, 0.2) is 0 Å². The Morgan fingerprint density at radius 3 is 2.50 bits per heavy atom. The molecule has 0 aromatic rings. The zero-order chi connectivity index (χ0) is 11.1. The van der Waals surface area contributed by atoms with E-state index in [1.165, 1.54) is 0 Å². The molecular weight excluding hydrogens is 178 g/mol. The van der Waals surface area contributed by atoms with Crippen LogP contribution in [-0.2, 0) is 4.79 Å². The van der Waals surface area contributed by atoms with E-state index in [0.29, 0.717) is 13.1 Å². The maximum absolute atomic E-state index is 11.2. The van der Waals surface area contributed by atoms with Crippen LogP contribution in [0.5, 0.6) is 0 Å². The molecule has 1 amide bonds. The average molecular weight is 197 g/mol. The van der Waals surface area contributed by atoms with Gasteiger partial charge in [0.1, 0.15) is 0 Å². The lowest BCUT2D eigenvalue weighted by atomic mass is 10.1. The molecule has 14 heavy (non-hydrogen) atoms. The Morgan fingerprint density at radius 1 is 1.50 bits per heavy atom. The van der Waals surface area contributed by atoms with Gasteiger partial charge in [-0.3, -0.25) is 4.79 Å². The third kappa shape index (κ3) is 4.83. The smallest absolute Gasteiger partial charge is 0.223 e. The molecule has 0 aliphatic carbocycles. The van der Waals surface area contributed by atoms with E-state index in [4.69, 9.17) is 5.26 Å².